The molecule has 1 aromatic rings. The molecule has 0 fully saturated rings. The number of nitrogens with two attached hydrogens (primary N) is 1. The molecule has 0 bridgehead atoms. The van der Waals surface area contributed by atoms with E-state index >= 15 is 0 Å². The normalized spacial score (nSPS) is 12.2. The van der Waals surface area contributed by atoms with E-state index in [-0.39, 0.29) is 5.91 Å². The molecule has 0 aliphatic rings. The monoisotopic (exact) mass is 220 g/mol. The fraction of sp³-hybridized carbons (Fsp3) is 0.462. The van der Waals surface area contributed by atoms with Crippen LogP contribution in [0.1, 0.15) is 18.1 Å². The molecule has 1 unspecified atom stereocenters. The van der Waals surface area contributed by atoms with Gasteiger partial charge in [0.25, 0.3) is 0 Å². The van der Waals surface area contributed by atoms with Gasteiger partial charge in [0.2, 0.25) is 5.91 Å². The summed E-state index contributed by atoms with van der Waals surface area (Å²) in [4.78, 5) is 13.2. The molecule has 1 atom stereocenters. The van der Waals surface area contributed by atoms with Crippen molar-refractivity contribution in [1.29, 1.82) is 0 Å². The Labute approximate surface area is 97.2 Å². The lowest BCUT2D eigenvalue weighted by Crippen LogP contribution is -2.40. The maximum Gasteiger partial charge on any atom is 0.238 e. The molecule has 0 saturated heterocycles. The zero-order valence-corrected chi connectivity index (χ0v) is 10.2. The number of rotatable bonds is 4. The van der Waals surface area contributed by atoms with Crippen molar-refractivity contribution in [3.63, 3.8) is 0 Å². The Bertz CT molecular complexity index is 361. The lowest BCUT2D eigenvalue weighted by Gasteiger charge is -2.19. The SMILES string of the molecule is Cc1cccc(CCN(C)C(=O)C(C)N)c1. The van der Waals surface area contributed by atoms with E-state index in [0.29, 0.717) is 6.54 Å². The van der Waals surface area contributed by atoms with E-state index in [1.54, 1.807) is 18.9 Å². The van der Waals surface area contributed by atoms with Gasteiger partial charge in [-0.3, -0.25) is 4.79 Å². The average Bonchev–Trinajstić information content (AvgIpc) is 2.24. The molecular weight excluding hydrogens is 200 g/mol. The van der Waals surface area contributed by atoms with Crippen molar-refractivity contribution < 1.29 is 4.79 Å². The largest absolute Gasteiger partial charge is 0.344 e. The average molecular weight is 220 g/mol. The molecule has 2 N–H and O–H groups in total. The quantitative estimate of drug-likeness (QED) is 0.832. The van der Waals surface area contributed by atoms with Crippen LogP contribution in [-0.2, 0) is 11.2 Å². The van der Waals surface area contributed by atoms with Gasteiger partial charge in [0.15, 0.2) is 0 Å². The summed E-state index contributed by atoms with van der Waals surface area (Å²) >= 11 is 0. The van der Waals surface area contributed by atoms with Gasteiger partial charge < -0.3 is 10.6 Å². The first-order valence-electron chi connectivity index (χ1n) is 5.57. The molecule has 0 radical (unpaired) electrons. The Morgan fingerprint density at radius 2 is 2.19 bits per heavy atom. The van der Waals surface area contributed by atoms with Crippen LogP contribution in [0.4, 0.5) is 0 Å². The summed E-state index contributed by atoms with van der Waals surface area (Å²) < 4.78 is 0. The second kappa shape index (κ2) is 5.66. The van der Waals surface area contributed by atoms with E-state index < -0.39 is 6.04 Å². The van der Waals surface area contributed by atoms with E-state index in [4.69, 9.17) is 5.73 Å². The van der Waals surface area contributed by atoms with Gasteiger partial charge in [-0.2, -0.15) is 0 Å². The van der Waals surface area contributed by atoms with Crippen LogP contribution in [0.15, 0.2) is 24.3 Å². The minimum absolute atomic E-state index is 0.00680. The smallest absolute Gasteiger partial charge is 0.238 e. The van der Waals surface area contributed by atoms with Crippen LogP contribution in [0.5, 0.6) is 0 Å². The number of amides is 1. The number of hydrogen-bond donors (Lipinski definition) is 1. The van der Waals surface area contributed by atoms with Crippen LogP contribution in [0, 0.1) is 6.92 Å². The van der Waals surface area contributed by atoms with Crippen molar-refractivity contribution in [3.8, 4) is 0 Å². The van der Waals surface area contributed by atoms with Gasteiger partial charge in [-0.05, 0) is 25.8 Å². The number of aryl methyl sites for hydroxylation is 1. The Hall–Kier alpha value is -1.35. The standard InChI is InChI=1S/C13H20N2O/c1-10-5-4-6-12(9-10)7-8-15(3)13(16)11(2)14/h4-6,9,11H,7-8,14H2,1-3H3. The van der Waals surface area contributed by atoms with Crippen LogP contribution in [0.2, 0.25) is 0 Å². The maximum atomic E-state index is 11.5. The van der Waals surface area contributed by atoms with Crippen LogP contribution < -0.4 is 5.73 Å². The molecule has 16 heavy (non-hydrogen) atoms. The Morgan fingerprint density at radius 3 is 2.75 bits per heavy atom. The number of benzene rings is 1. The van der Waals surface area contributed by atoms with E-state index in [2.05, 4.69) is 25.1 Å². The molecule has 1 amide bonds. The first-order valence-corrected chi connectivity index (χ1v) is 5.57. The van der Waals surface area contributed by atoms with Gasteiger partial charge in [-0.15, -0.1) is 0 Å². The zero-order valence-electron chi connectivity index (χ0n) is 10.2. The van der Waals surface area contributed by atoms with Gasteiger partial charge in [-0.1, -0.05) is 29.8 Å². The highest BCUT2D eigenvalue weighted by Crippen LogP contribution is 2.05. The van der Waals surface area contributed by atoms with Gasteiger partial charge >= 0.3 is 0 Å². The van der Waals surface area contributed by atoms with E-state index in [0.717, 1.165) is 6.42 Å². The molecule has 0 aromatic heterocycles. The van der Waals surface area contributed by atoms with Crippen molar-refractivity contribution in [2.75, 3.05) is 13.6 Å². The Balaban J connectivity index is 2.49. The third-order valence-electron chi connectivity index (χ3n) is 2.58. The molecule has 88 valence electrons. The number of nitrogens with zero attached hydrogens (tertiary/aromatic N) is 1. The first-order chi connectivity index (χ1) is 7.50. The highest BCUT2D eigenvalue weighted by molar-refractivity contribution is 5.80. The van der Waals surface area contributed by atoms with Crippen molar-refractivity contribution in [2.45, 2.75) is 26.3 Å². The highest BCUT2D eigenvalue weighted by atomic mass is 16.2. The number of carbonyl (C=O) groups is 1. The Kier molecular flexibility index (Phi) is 4.50. The predicted molar refractivity (Wildman–Crippen MR) is 66.2 cm³/mol. The van der Waals surface area contributed by atoms with Crippen molar-refractivity contribution >= 4 is 5.91 Å². The zero-order chi connectivity index (χ0) is 12.1. The summed E-state index contributed by atoms with van der Waals surface area (Å²) in [6, 6.07) is 7.92. The molecule has 3 nitrogen and oxygen atoms in total. The fourth-order valence-corrected chi connectivity index (χ4v) is 1.62. The summed E-state index contributed by atoms with van der Waals surface area (Å²) in [5.41, 5.74) is 8.04. The van der Waals surface area contributed by atoms with Crippen LogP contribution in [-0.4, -0.2) is 30.4 Å². The third kappa shape index (κ3) is 3.66. The second-order valence-electron chi connectivity index (χ2n) is 4.29. The van der Waals surface area contributed by atoms with E-state index in [9.17, 15) is 4.79 Å². The summed E-state index contributed by atoms with van der Waals surface area (Å²) in [5.74, 6) is -0.00680. The van der Waals surface area contributed by atoms with Gasteiger partial charge in [0, 0.05) is 13.6 Å². The molecule has 0 spiro atoms. The summed E-state index contributed by atoms with van der Waals surface area (Å²) in [6.07, 6.45) is 0.872. The summed E-state index contributed by atoms with van der Waals surface area (Å²) in [7, 11) is 1.79. The lowest BCUT2D eigenvalue weighted by molar-refractivity contribution is -0.130. The topological polar surface area (TPSA) is 46.3 Å². The second-order valence-corrected chi connectivity index (χ2v) is 4.29. The summed E-state index contributed by atoms with van der Waals surface area (Å²) in [6.45, 7) is 4.50. The highest BCUT2D eigenvalue weighted by Gasteiger charge is 2.12. The lowest BCUT2D eigenvalue weighted by atomic mass is 10.1. The van der Waals surface area contributed by atoms with Gasteiger partial charge in [-0.25, -0.2) is 0 Å². The fourth-order valence-electron chi connectivity index (χ4n) is 1.62. The molecule has 3 heteroatoms. The van der Waals surface area contributed by atoms with Crippen LogP contribution in [0.3, 0.4) is 0 Å². The van der Waals surface area contributed by atoms with Crippen LogP contribution in [0.25, 0.3) is 0 Å². The number of likely N-dealkylation sites (N-methyl/N-ethyl adjacent to an activating group) is 1. The molecule has 1 aromatic carbocycles. The maximum absolute atomic E-state index is 11.5. The molecule has 0 heterocycles. The van der Waals surface area contributed by atoms with Gasteiger partial charge in [0.1, 0.15) is 0 Å². The molecule has 0 saturated carbocycles. The van der Waals surface area contributed by atoms with Crippen molar-refractivity contribution in [3.05, 3.63) is 35.4 Å². The first kappa shape index (κ1) is 12.7. The molecular formula is C13H20N2O. The van der Waals surface area contributed by atoms with Crippen LogP contribution >= 0.6 is 0 Å². The van der Waals surface area contributed by atoms with Gasteiger partial charge in [0.05, 0.1) is 6.04 Å². The molecule has 0 aliphatic heterocycles. The minimum atomic E-state index is -0.414. The molecule has 0 aliphatic carbocycles. The predicted octanol–water partition coefficient (Wildman–Crippen LogP) is 1.34. The van der Waals surface area contributed by atoms with E-state index in [1.165, 1.54) is 11.1 Å². The Morgan fingerprint density at radius 1 is 1.50 bits per heavy atom. The third-order valence-corrected chi connectivity index (χ3v) is 2.58. The minimum Gasteiger partial charge on any atom is -0.344 e. The van der Waals surface area contributed by atoms with Crippen molar-refractivity contribution in [2.24, 2.45) is 5.73 Å². The number of carbonyl (C=O) groups excluding carboxylic acids is 1. The van der Waals surface area contributed by atoms with E-state index in [1.807, 2.05) is 6.07 Å². The van der Waals surface area contributed by atoms with Crippen molar-refractivity contribution in [1.82, 2.24) is 4.90 Å². The number of hydrogen-bond acceptors (Lipinski definition) is 2. The molecule has 1 rings (SSSR count). The summed E-state index contributed by atoms with van der Waals surface area (Å²) in [5, 5.41) is 0.